The maximum Gasteiger partial charge on any atom is 0.265 e. The molecule has 0 aliphatic rings. The van der Waals surface area contributed by atoms with E-state index in [1.165, 1.54) is 11.3 Å². The van der Waals surface area contributed by atoms with E-state index in [0.717, 1.165) is 11.3 Å². The average molecular weight is 326 g/mol. The molecule has 0 aliphatic heterocycles. The van der Waals surface area contributed by atoms with Gasteiger partial charge in [0.25, 0.3) is 5.91 Å². The smallest absolute Gasteiger partial charge is 0.265 e. The summed E-state index contributed by atoms with van der Waals surface area (Å²) in [5, 5.41) is 4.63. The van der Waals surface area contributed by atoms with Gasteiger partial charge in [0.05, 0.1) is 24.5 Å². The third-order valence-electron chi connectivity index (χ3n) is 2.80. The standard InChI is InChI=1S/C15H16ClNO3S/c1-3-20-13-5-4-11(6-10(13)8-16)17-15(18)14-7-12(19-2)9-21-14/h4-7,9H,3,8H2,1-2H3,(H,17,18). The third kappa shape index (κ3) is 3.89. The number of carbonyl (C=O) groups excluding carboxylic acids is 1. The summed E-state index contributed by atoms with van der Waals surface area (Å²) in [5.74, 6) is 1.57. The van der Waals surface area contributed by atoms with Crippen molar-refractivity contribution in [3.8, 4) is 11.5 Å². The fraction of sp³-hybridized carbons (Fsp3) is 0.267. The molecule has 0 atom stereocenters. The lowest BCUT2D eigenvalue weighted by atomic mass is 10.2. The lowest BCUT2D eigenvalue weighted by Gasteiger charge is -2.10. The fourth-order valence-electron chi connectivity index (χ4n) is 1.80. The van der Waals surface area contributed by atoms with Gasteiger partial charge in [0.15, 0.2) is 0 Å². The molecule has 0 unspecified atom stereocenters. The molecule has 1 N–H and O–H groups in total. The molecule has 0 radical (unpaired) electrons. The minimum Gasteiger partial charge on any atom is -0.496 e. The summed E-state index contributed by atoms with van der Waals surface area (Å²) in [6.07, 6.45) is 0. The van der Waals surface area contributed by atoms with Gasteiger partial charge >= 0.3 is 0 Å². The Labute approximate surface area is 132 Å². The Hall–Kier alpha value is -1.72. The number of carbonyl (C=O) groups is 1. The highest BCUT2D eigenvalue weighted by Gasteiger charge is 2.11. The molecule has 1 amide bonds. The number of thiophene rings is 1. The Morgan fingerprint density at radius 1 is 1.38 bits per heavy atom. The minimum atomic E-state index is -0.173. The highest BCUT2D eigenvalue weighted by molar-refractivity contribution is 7.12. The Bertz CT molecular complexity index is 627. The summed E-state index contributed by atoms with van der Waals surface area (Å²) >= 11 is 7.24. The molecule has 6 heteroatoms. The van der Waals surface area contributed by atoms with E-state index in [1.54, 1.807) is 24.6 Å². The van der Waals surface area contributed by atoms with Crippen molar-refractivity contribution in [2.75, 3.05) is 19.0 Å². The number of benzene rings is 1. The van der Waals surface area contributed by atoms with Crippen molar-refractivity contribution in [3.05, 3.63) is 40.1 Å². The second-order valence-electron chi connectivity index (χ2n) is 4.19. The molecule has 0 aliphatic carbocycles. The molecule has 0 spiro atoms. The average Bonchev–Trinajstić information content (AvgIpc) is 2.98. The highest BCUT2D eigenvalue weighted by Crippen LogP contribution is 2.26. The second-order valence-corrected chi connectivity index (χ2v) is 5.37. The molecule has 2 rings (SSSR count). The molecular weight excluding hydrogens is 310 g/mol. The Morgan fingerprint density at radius 2 is 2.19 bits per heavy atom. The summed E-state index contributed by atoms with van der Waals surface area (Å²) in [6.45, 7) is 2.49. The van der Waals surface area contributed by atoms with E-state index in [-0.39, 0.29) is 5.91 Å². The number of halogens is 1. The van der Waals surface area contributed by atoms with Gasteiger partial charge in [-0.3, -0.25) is 4.79 Å². The van der Waals surface area contributed by atoms with Crippen LogP contribution in [-0.2, 0) is 5.88 Å². The molecule has 2 aromatic rings. The first-order chi connectivity index (χ1) is 10.2. The van der Waals surface area contributed by atoms with Crippen LogP contribution in [0.1, 0.15) is 22.2 Å². The van der Waals surface area contributed by atoms with E-state index < -0.39 is 0 Å². The van der Waals surface area contributed by atoms with Gasteiger partial charge in [-0.25, -0.2) is 0 Å². The number of nitrogens with one attached hydrogen (secondary N) is 1. The zero-order valence-electron chi connectivity index (χ0n) is 11.8. The normalized spacial score (nSPS) is 10.2. The van der Waals surface area contributed by atoms with Crippen molar-refractivity contribution in [2.45, 2.75) is 12.8 Å². The largest absolute Gasteiger partial charge is 0.496 e. The van der Waals surface area contributed by atoms with Gasteiger partial charge in [0.2, 0.25) is 0 Å². The maximum atomic E-state index is 12.1. The van der Waals surface area contributed by atoms with Crippen molar-refractivity contribution in [2.24, 2.45) is 0 Å². The zero-order chi connectivity index (χ0) is 15.2. The van der Waals surface area contributed by atoms with Gasteiger partial charge in [-0.15, -0.1) is 22.9 Å². The van der Waals surface area contributed by atoms with E-state index in [9.17, 15) is 4.79 Å². The van der Waals surface area contributed by atoms with Gasteiger partial charge in [-0.2, -0.15) is 0 Å². The van der Waals surface area contributed by atoms with Crippen LogP contribution in [0, 0.1) is 0 Å². The summed E-state index contributed by atoms with van der Waals surface area (Å²) in [7, 11) is 1.57. The van der Waals surface area contributed by atoms with Crippen molar-refractivity contribution in [3.63, 3.8) is 0 Å². The maximum absolute atomic E-state index is 12.1. The number of alkyl halides is 1. The zero-order valence-corrected chi connectivity index (χ0v) is 13.4. The number of hydrogen-bond donors (Lipinski definition) is 1. The monoisotopic (exact) mass is 325 g/mol. The number of anilines is 1. The molecular formula is C15H16ClNO3S. The molecule has 1 heterocycles. The van der Waals surface area contributed by atoms with Crippen molar-refractivity contribution in [1.82, 2.24) is 0 Å². The van der Waals surface area contributed by atoms with Crippen LogP contribution in [0.4, 0.5) is 5.69 Å². The third-order valence-corrected chi connectivity index (χ3v) is 3.99. The Balaban J connectivity index is 2.13. The molecule has 0 bridgehead atoms. The SMILES string of the molecule is CCOc1ccc(NC(=O)c2cc(OC)cs2)cc1CCl. The van der Waals surface area contributed by atoms with Crippen molar-refractivity contribution in [1.29, 1.82) is 0 Å². The van der Waals surface area contributed by atoms with Crippen molar-refractivity contribution < 1.29 is 14.3 Å². The van der Waals surface area contributed by atoms with E-state index >= 15 is 0 Å². The minimum absolute atomic E-state index is 0.173. The van der Waals surface area contributed by atoms with E-state index in [4.69, 9.17) is 21.1 Å². The van der Waals surface area contributed by atoms with Crippen LogP contribution in [0.5, 0.6) is 11.5 Å². The van der Waals surface area contributed by atoms with E-state index in [1.807, 2.05) is 19.1 Å². The number of amides is 1. The van der Waals surface area contributed by atoms with Crippen LogP contribution in [0.25, 0.3) is 0 Å². The van der Waals surface area contributed by atoms with E-state index in [2.05, 4.69) is 5.32 Å². The topological polar surface area (TPSA) is 47.6 Å². The van der Waals surface area contributed by atoms with Crippen LogP contribution in [0.3, 0.4) is 0 Å². The summed E-state index contributed by atoms with van der Waals surface area (Å²) in [5.41, 5.74) is 1.53. The van der Waals surface area contributed by atoms with Crippen LogP contribution >= 0.6 is 22.9 Å². The Morgan fingerprint density at radius 3 is 2.81 bits per heavy atom. The van der Waals surface area contributed by atoms with Crippen molar-refractivity contribution >= 4 is 34.5 Å². The van der Waals surface area contributed by atoms with Gasteiger partial charge in [0, 0.05) is 22.7 Å². The molecule has 0 saturated heterocycles. The van der Waals surface area contributed by atoms with E-state index in [0.29, 0.717) is 28.8 Å². The predicted octanol–water partition coefficient (Wildman–Crippen LogP) is 4.15. The quantitative estimate of drug-likeness (QED) is 0.812. The first-order valence-electron chi connectivity index (χ1n) is 6.43. The Kier molecular flexibility index (Phi) is 5.47. The molecule has 1 aromatic carbocycles. The van der Waals surface area contributed by atoms with Crippen LogP contribution in [0.15, 0.2) is 29.6 Å². The number of methoxy groups -OCH3 is 1. The molecule has 4 nitrogen and oxygen atoms in total. The van der Waals surface area contributed by atoms with Crippen LogP contribution in [0.2, 0.25) is 0 Å². The number of hydrogen-bond acceptors (Lipinski definition) is 4. The molecule has 112 valence electrons. The molecule has 1 aromatic heterocycles. The van der Waals surface area contributed by atoms with Crippen LogP contribution in [-0.4, -0.2) is 19.6 Å². The summed E-state index contributed by atoms with van der Waals surface area (Å²) in [6, 6.07) is 7.13. The lowest BCUT2D eigenvalue weighted by Crippen LogP contribution is -2.10. The number of ether oxygens (including phenoxy) is 2. The first-order valence-corrected chi connectivity index (χ1v) is 7.85. The predicted molar refractivity (Wildman–Crippen MR) is 86.0 cm³/mol. The van der Waals surface area contributed by atoms with Gasteiger partial charge in [-0.1, -0.05) is 0 Å². The fourth-order valence-corrected chi connectivity index (χ4v) is 2.75. The summed E-state index contributed by atoms with van der Waals surface area (Å²) < 4.78 is 10.5. The molecule has 21 heavy (non-hydrogen) atoms. The lowest BCUT2D eigenvalue weighted by molar-refractivity contribution is 0.103. The molecule has 0 saturated carbocycles. The summed E-state index contributed by atoms with van der Waals surface area (Å²) in [4.78, 5) is 12.7. The van der Waals surface area contributed by atoms with Gasteiger partial charge in [0.1, 0.15) is 11.5 Å². The molecule has 0 fully saturated rings. The van der Waals surface area contributed by atoms with Gasteiger partial charge in [-0.05, 0) is 25.1 Å². The first kappa shape index (κ1) is 15.7. The van der Waals surface area contributed by atoms with Gasteiger partial charge < -0.3 is 14.8 Å². The van der Waals surface area contributed by atoms with Crippen LogP contribution < -0.4 is 14.8 Å². The highest BCUT2D eigenvalue weighted by atomic mass is 35.5. The second kappa shape index (κ2) is 7.33. The number of rotatable bonds is 6.